The average molecular weight is 279 g/mol. The van der Waals surface area contributed by atoms with Crippen LogP contribution in [0.15, 0.2) is 6.07 Å². The van der Waals surface area contributed by atoms with Gasteiger partial charge >= 0.3 is 6.18 Å². The van der Waals surface area contributed by atoms with Gasteiger partial charge in [-0.15, -0.1) is 0 Å². The van der Waals surface area contributed by atoms with Crippen molar-refractivity contribution < 1.29 is 18.3 Å². The summed E-state index contributed by atoms with van der Waals surface area (Å²) in [7, 11) is 0. The molecule has 0 bridgehead atoms. The van der Waals surface area contributed by atoms with Gasteiger partial charge in [-0.2, -0.15) is 18.2 Å². The minimum absolute atomic E-state index is 0.0245. The quantitative estimate of drug-likeness (QED) is 0.478. The molecule has 0 spiro atoms. The highest BCUT2D eigenvalue weighted by atomic mass is 19.4. The topological polar surface area (TPSA) is 96.1 Å². The third kappa shape index (κ3) is 4.52. The first-order chi connectivity index (χ1) is 8.74. The molecule has 108 valence electrons. The van der Waals surface area contributed by atoms with Crippen LogP contribution >= 0.6 is 0 Å². The SMILES string of the molecule is CC(C)C(O)CNc1cc(C(F)(F)F)nc(NN)n1. The summed E-state index contributed by atoms with van der Waals surface area (Å²) in [6.45, 7) is 3.66. The molecule has 0 radical (unpaired) electrons. The number of alkyl halides is 3. The minimum atomic E-state index is -4.60. The molecule has 5 N–H and O–H groups in total. The van der Waals surface area contributed by atoms with Gasteiger partial charge in [0.15, 0.2) is 5.69 Å². The molecule has 0 aromatic carbocycles. The molecule has 1 aromatic rings. The lowest BCUT2D eigenvalue weighted by Gasteiger charge is -2.16. The Bertz CT molecular complexity index is 424. The van der Waals surface area contributed by atoms with Crippen LogP contribution in [-0.2, 0) is 6.18 Å². The second-order valence-corrected chi connectivity index (χ2v) is 4.30. The van der Waals surface area contributed by atoms with Crippen molar-refractivity contribution in [1.29, 1.82) is 0 Å². The zero-order valence-electron chi connectivity index (χ0n) is 10.5. The lowest BCUT2D eigenvalue weighted by molar-refractivity contribution is -0.141. The third-order valence-corrected chi connectivity index (χ3v) is 2.41. The lowest BCUT2D eigenvalue weighted by Crippen LogP contribution is -2.25. The van der Waals surface area contributed by atoms with Gasteiger partial charge < -0.3 is 10.4 Å². The predicted octanol–water partition coefficient (Wildman–Crippen LogP) is 1.21. The molecule has 6 nitrogen and oxygen atoms in total. The van der Waals surface area contributed by atoms with Gasteiger partial charge in [-0.05, 0) is 5.92 Å². The number of hydrogen-bond donors (Lipinski definition) is 4. The number of anilines is 2. The molecule has 1 heterocycles. The summed E-state index contributed by atoms with van der Waals surface area (Å²) < 4.78 is 37.7. The van der Waals surface area contributed by atoms with E-state index >= 15 is 0 Å². The fourth-order valence-electron chi connectivity index (χ4n) is 1.19. The molecule has 1 atom stereocenters. The normalized spacial score (nSPS) is 13.5. The standard InChI is InChI=1S/C10H16F3N5O/c1-5(2)6(19)4-15-8-3-7(10(11,12)13)16-9(17-8)18-14/h3,5-6,19H,4,14H2,1-2H3,(H2,15,16,17,18). The number of aliphatic hydroxyl groups is 1. The Morgan fingerprint density at radius 3 is 2.47 bits per heavy atom. The smallest absolute Gasteiger partial charge is 0.391 e. The molecule has 19 heavy (non-hydrogen) atoms. The maximum Gasteiger partial charge on any atom is 0.433 e. The summed E-state index contributed by atoms with van der Waals surface area (Å²) in [5.74, 6) is 4.58. The Hall–Kier alpha value is -1.61. The highest BCUT2D eigenvalue weighted by Gasteiger charge is 2.33. The van der Waals surface area contributed by atoms with Gasteiger partial charge in [-0.1, -0.05) is 13.8 Å². The molecule has 1 aromatic heterocycles. The highest BCUT2D eigenvalue weighted by Crippen LogP contribution is 2.29. The Labute approximate surface area is 108 Å². The fourth-order valence-corrected chi connectivity index (χ4v) is 1.19. The van der Waals surface area contributed by atoms with Gasteiger partial charge in [0.2, 0.25) is 5.95 Å². The number of aliphatic hydroxyl groups excluding tert-OH is 1. The van der Waals surface area contributed by atoms with Gasteiger partial charge in [0, 0.05) is 12.6 Å². The third-order valence-electron chi connectivity index (χ3n) is 2.41. The van der Waals surface area contributed by atoms with E-state index in [0.717, 1.165) is 6.07 Å². The second kappa shape index (κ2) is 6.02. The molecule has 0 saturated heterocycles. The maximum atomic E-state index is 12.6. The maximum absolute atomic E-state index is 12.6. The van der Waals surface area contributed by atoms with Gasteiger partial charge in [0.25, 0.3) is 0 Å². The van der Waals surface area contributed by atoms with E-state index < -0.39 is 18.0 Å². The van der Waals surface area contributed by atoms with Crippen LogP contribution in [0.2, 0.25) is 0 Å². The van der Waals surface area contributed by atoms with Crippen LogP contribution in [0.1, 0.15) is 19.5 Å². The molecule has 0 fully saturated rings. The molecule has 0 saturated carbocycles. The number of nitrogens with one attached hydrogen (secondary N) is 2. The Morgan fingerprint density at radius 2 is 2.00 bits per heavy atom. The molecule has 0 aliphatic heterocycles. The number of nitrogen functional groups attached to an aromatic ring is 1. The van der Waals surface area contributed by atoms with Crippen LogP contribution in [-0.4, -0.2) is 27.7 Å². The van der Waals surface area contributed by atoms with E-state index in [2.05, 4.69) is 15.3 Å². The molecule has 1 rings (SSSR count). The van der Waals surface area contributed by atoms with E-state index in [9.17, 15) is 18.3 Å². The summed E-state index contributed by atoms with van der Waals surface area (Å²) in [6.07, 6.45) is -5.29. The number of hydrazine groups is 1. The molecular weight excluding hydrogens is 263 g/mol. The van der Waals surface area contributed by atoms with Gasteiger partial charge in [-0.3, -0.25) is 5.43 Å². The molecule has 9 heteroatoms. The molecule has 0 aliphatic carbocycles. The summed E-state index contributed by atoms with van der Waals surface area (Å²) in [5.41, 5.74) is 0.852. The molecule has 0 aliphatic rings. The lowest BCUT2D eigenvalue weighted by atomic mass is 10.1. The van der Waals surface area contributed by atoms with Crippen LogP contribution in [0.4, 0.5) is 24.9 Å². The van der Waals surface area contributed by atoms with Crippen molar-refractivity contribution >= 4 is 11.8 Å². The summed E-state index contributed by atoms with van der Waals surface area (Å²) in [4.78, 5) is 6.94. The number of halogens is 3. The number of nitrogens with two attached hydrogens (primary N) is 1. The van der Waals surface area contributed by atoms with E-state index in [1.54, 1.807) is 13.8 Å². The van der Waals surface area contributed by atoms with Crippen molar-refractivity contribution in [3.05, 3.63) is 11.8 Å². The van der Waals surface area contributed by atoms with E-state index in [1.165, 1.54) is 0 Å². The van der Waals surface area contributed by atoms with Crippen molar-refractivity contribution in [2.45, 2.75) is 26.1 Å². The van der Waals surface area contributed by atoms with Crippen molar-refractivity contribution in [3.8, 4) is 0 Å². The minimum Gasteiger partial charge on any atom is -0.391 e. The first-order valence-corrected chi connectivity index (χ1v) is 5.59. The summed E-state index contributed by atoms with van der Waals surface area (Å²) in [6, 6.07) is 0.758. The van der Waals surface area contributed by atoms with Gasteiger partial charge in [0.1, 0.15) is 5.82 Å². The monoisotopic (exact) mass is 279 g/mol. The first kappa shape index (κ1) is 15.4. The van der Waals surface area contributed by atoms with Crippen LogP contribution in [0.25, 0.3) is 0 Å². The predicted molar refractivity (Wildman–Crippen MR) is 64.2 cm³/mol. The summed E-state index contributed by atoms with van der Waals surface area (Å²) >= 11 is 0. The van der Waals surface area contributed by atoms with Gasteiger partial charge in [-0.25, -0.2) is 10.8 Å². The van der Waals surface area contributed by atoms with Crippen molar-refractivity contribution in [2.24, 2.45) is 11.8 Å². The largest absolute Gasteiger partial charge is 0.433 e. The van der Waals surface area contributed by atoms with E-state index in [0.29, 0.717) is 0 Å². The second-order valence-electron chi connectivity index (χ2n) is 4.30. The van der Waals surface area contributed by atoms with E-state index in [4.69, 9.17) is 5.84 Å². The Balaban J connectivity index is 2.89. The van der Waals surface area contributed by atoms with Crippen LogP contribution in [0.3, 0.4) is 0 Å². The molecular formula is C10H16F3N5O. The van der Waals surface area contributed by atoms with E-state index in [-0.39, 0.29) is 24.2 Å². The van der Waals surface area contributed by atoms with Crippen LogP contribution in [0, 0.1) is 5.92 Å². The Morgan fingerprint density at radius 1 is 1.37 bits per heavy atom. The molecule has 0 amide bonds. The van der Waals surface area contributed by atoms with Crippen molar-refractivity contribution in [3.63, 3.8) is 0 Å². The van der Waals surface area contributed by atoms with Crippen LogP contribution < -0.4 is 16.6 Å². The number of rotatable bonds is 5. The first-order valence-electron chi connectivity index (χ1n) is 5.59. The summed E-state index contributed by atoms with van der Waals surface area (Å²) in [5, 5.41) is 12.2. The fraction of sp³-hybridized carbons (Fsp3) is 0.600. The van der Waals surface area contributed by atoms with Crippen molar-refractivity contribution in [2.75, 3.05) is 17.3 Å². The average Bonchev–Trinajstić information content (AvgIpc) is 2.34. The van der Waals surface area contributed by atoms with Gasteiger partial charge in [0.05, 0.1) is 6.10 Å². The number of aromatic nitrogens is 2. The zero-order chi connectivity index (χ0) is 14.6. The van der Waals surface area contributed by atoms with Crippen molar-refractivity contribution in [1.82, 2.24) is 9.97 Å². The number of nitrogens with zero attached hydrogens (tertiary/aromatic N) is 2. The van der Waals surface area contributed by atoms with E-state index in [1.807, 2.05) is 5.43 Å². The molecule has 1 unspecified atom stereocenters. The Kier molecular flexibility index (Phi) is 4.90. The zero-order valence-corrected chi connectivity index (χ0v) is 10.5. The van der Waals surface area contributed by atoms with Crippen LogP contribution in [0.5, 0.6) is 0 Å². The number of hydrogen-bond acceptors (Lipinski definition) is 6. The highest BCUT2D eigenvalue weighted by molar-refractivity contribution is 5.42.